The number of hydrogen-bond acceptors (Lipinski definition) is 4. The first-order chi connectivity index (χ1) is 11.6. The number of carbonyl (C=O) groups is 1. The van der Waals surface area contributed by atoms with E-state index in [1.165, 1.54) is 0 Å². The Morgan fingerprint density at radius 2 is 1.42 bits per heavy atom. The monoisotopic (exact) mass is 327 g/mol. The van der Waals surface area contributed by atoms with Gasteiger partial charge in [0, 0.05) is 18.7 Å². The van der Waals surface area contributed by atoms with E-state index in [1.807, 2.05) is 72.5 Å². The molecule has 24 heavy (non-hydrogen) atoms. The fourth-order valence-electron chi connectivity index (χ4n) is 3.08. The van der Waals surface area contributed by atoms with E-state index in [4.69, 9.17) is 0 Å². The van der Waals surface area contributed by atoms with Crippen LogP contribution in [0, 0.1) is 0 Å². The molecule has 0 fully saturated rings. The zero-order valence-electron chi connectivity index (χ0n) is 14.1. The number of aliphatic hydroxyl groups excluding tert-OH is 2. The Hall–Kier alpha value is -2.01. The summed E-state index contributed by atoms with van der Waals surface area (Å²) in [5, 5.41) is 18.8. The van der Waals surface area contributed by atoms with Crippen LogP contribution in [0.5, 0.6) is 0 Å². The van der Waals surface area contributed by atoms with Gasteiger partial charge in [-0.3, -0.25) is 9.69 Å². The van der Waals surface area contributed by atoms with Gasteiger partial charge in [-0.05, 0) is 18.9 Å². The van der Waals surface area contributed by atoms with Crippen LogP contribution < -0.4 is 0 Å². The summed E-state index contributed by atoms with van der Waals surface area (Å²) in [6.07, 6.45) is 0.515. The number of Topliss-reactive ketones (excluding diaryl/α,β-unsaturated/α-hetero) is 1. The smallest absolute Gasteiger partial charge is 0.183 e. The molecule has 2 N–H and O–H groups in total. The van der Waals surface area contributed by atoms with E-state index in [1.54, 1.807) is 0 Å². The number of aliphatic hydroxyl groups is 2. The van der Waals surface area contributed by atoms with Crippen LogP contribution in [0.2, 0.25) is 0 Å². The molecule has 1 atom stereocenters. The van der Waals surface area contributed by atoms with Crippen molar-refractivity contribution in [3.8, 4) is 0 Å². The van der Waals surface area contributed by atoms with Gasteiger partial charge in [0.15, 0.2) is 5.78 Å². The van der Waals surface area contributed by atoms with Crippen molar-refractivity contribution in [3.05, 3.63) is 71.8 Å². The Bertz CT molecular complexity index is 624. The molecule has 1 unspecified atom stereocenters. The summed E-state index contributed by atoms with van der Waals surface area (Å²) in [4.78, 5) is 15.1. The van der Waals surface area contributed by atoms with Gasteiger partial charge in [0.25, 0.3) is 0 Å². The maximum absolute atomic E-state index is 13.3. The summed E-state index contributed by atoms with van der Waals surface area (Å²) in [6.45, 7) is 2.44. The van der Waals surface area contributed by atoms with Gasteiger partial charge >= 0.3 is 0 Å². The molecule has 4 heteroatoms. The van der Waals surface area contributed by atoms with Crippen molar-refractivity contribution in [2.75, 3.05) is 26.3 Å². The first-order valence-corrected chi connectivity index (χ1v) is 8.22. The average molecular weight is 327 g/mol. The molecule has 0 aliphatic rings. The summed E-state index contributed by atoms with van der Waals surface area (Å²) in [7, 11) is 0. The average Bonchev–Trinajstić information content (AvgIpc) is 2.62. The van der Waals surface area contributed by atoms with E-state index >= 15 is 0 Å². The SMILES string of the molecule is CC(Cc1ccccc1)(C(=O)c1ccccc1)N(CCO)CCO. The molecule has 0 aromatic heterocycles. The van der Waals surface area contributed by atoms with Crippen LogP contribution in [-0.4, -0.2) is 52.7 Å². The van der Waals surface area contributed by atoms with Crippen molar-refractivity contribution in [1.82, 2.24) is 4.90 Å². The van der Waals surface area contributed by atoms with E-state index in [9.17, 15) is 15.0 Å². The summed E-state index contributed by atoms with van der Waals surface area (Å²) < 4.78 is 0. The van der Waals surface area contributed by atoms with Crippen LogP contribution in [-0.2, 0) is 6.42 Å². The van der Waals surface area contributed by atoms with Crippen molar-refractivity contribution in [2.24, 2.45) is 0 Å². The molecule has 0 aliphatic heterocycles. The highest BCUT2D eigenvalue weighted by atomic mass is 16.3. The lowest BCUT2D eigenvalue weighted by molar-refractivity contribution is 0.0453. The van der Waals surface area contributed by atoms with E-state index < -0.39 is 5.54 Å². The van der Waals surface area contributed by atoms with Crippen molar-refractivity contribution in [2.45, 2.75) is 18.9 Å². The van der Waals surface area contributed by atoms with Crippen LogP contribution in [0.15, 0.2) is 60.7 Å². The van der Waals surface area contributed by atoms with Gasteiger partial charge in [-0.15, -0.1) is 0 Å². The van der Waals surface area contributed by atoms with Crippen molar-refractivity contribution in [3.63, 3.8) is 0 Å². The van der Waals surface area contributed by atoms with Gasteiger partial charge in [0.2, 0.25) is 0 Å². The van der Waals surface area contributed by atoms with Crippen LogP contribution >= 0.6 is 0 Å². The molecule has 128 valence electrons. The minimum atomic E-state index is -0.839. The number of hydrogen-bond donors (Lipinski definition) is 2. The third-order valence-electron chi connectivity index (χ3n) is 4.35. The fourth-order valence-corrected chi connectivity index (χ4v) is 3.08. The van der Waals surface area contributed by atoms with Gasteiger partial charge in [-0.25, -0.2) is 0 Å². The van der Waals surface area contributed by atoms with Crippen LogP contribution in [0.4, 0.5) is 0 Å². The topological polar surface area (TPSA) is 60.8 Å². The van der Waals surface area contributed by atoms with Crippen molar-refractivity contribution < 1.29 is 15.0 Å². The predicted octanol–water partition coefficient (Wildman–Crippen LogP) is 2.16. The maximum Gasteiger partial charge on any atom is 0.183 e. The second-order valence-electron chi connectivity index (χ2n) is 6.07. The molecule has 0 saturated carbocycles. The molecule has 4 nitrogen and oxygen atoms in total. The Morgan fingerprint density at radius 1 is 0.917 bits per heavy atom. The summed E-state index contributed by atoms with van der Waals surface area (Å²) >= 11 is 0. The largest absolute Gasteiger partial charge is 0.395 e. The lowest BCUT2D eigenvalue weighted by Crippen LogP contribution is -2.55. The molecule has 0 aliphatic carbocycles. The third-order valence-corrected chi connectivity index (χ3v) is 4.35. The van der Waals surface area contributed by atoms with Crippen molar-refractivity contribution in [1.29, 1.82) is 0 Å². The number of carbonyl (C=O) groups excluding carboxylic acids is 1. The van der Waals surface area contributed by atoms with Gasteiger partial charge in [0.05, 0.1) is 18.8 Å². The minimum absolute atomic E-state index is 0.00569. The Balaban J connectivity index is 2.40. The highest BCUT2D eigenvalue weighted by Crippen LogP contribution is 2.26. The Kier molecular flexibility index (Phi) is 6.67. The van der Waals surface area contributed by atoms with Gasteiger partial charge in [-0.1, -0.05) is 60.7 Å². The number of β-amino-alcohol motifs (C(OH)–C–C–N with tert-alkyl or cyclic N) is 2. The molecule has 2 rings (SSSR count). The normalized spacial score (nSPS) is 13.7. The summed E-state index contributed by atoms with van der Waals surface area (Å²) in [5.41, 5.74) is 0.843. The highest BCUT2D eigenvalue weighted by Gasteiger charge is 2.39. The molecule has 0 spiro atoms. The standard InChI is InChI=1S/C20H25NO3/c1-20(21(12-14-22)13-15-23,16-17-8-4-2-5-9-17)19(24)18-10-6-3-7-11-18/h2-11,22-23H,12-16H2,1H3. The van der Waals surface area contributed by atoms with E-state index in [0.29, 0.717) is 25.1 Å². The fraction of sp³-hybridized carbons (Fsp3) is 0.350. The van der Waals surface area contributed by atoms with E-state index in [2.05, 4.69) is 0 Å². The first-order valence-electron chi connectivity index (χ1n) is 8.22. The molecule has 0 saturated heterocycles. The maximum atomic E-state index is 13.3. The van der Waals surface area contributed by atoms with E-state index in [-0.39, 0.29) is 19.0 Å². The second kappa shape index (κ2) is 8.73. The molecular weight excluding hydrogens is 302 g/mol. The Morgan fingerprint density at radius 3 is 1.92 bits per heavy atom. The number of rotatable bonds is 9. The minimum Gasteiger partial charge on any atom is -0.395 e. The zero-order valence-corrected chi connectivity index (χ0v) is 14.1. The first kappa shape index (κ1) is 18.3. The number of benzene rings is 2. The van der Waals surface area contributed by atoms with Crippen LogP contribution in [0.25, 0.3) is 0 Å². The quantitative estimate of drug-likeness (QED) is 0.693. The van der Waals surface area contributed by atoms with Gasteiger partial charge in [-0.2, -0.15) is 0 Å². The molecule has 0 heterocycles. The number of nitrogens with zero attached hydrogens (tertiary/aromatic N) is 1. The molecule has 0 bridgehead atoms. The third kappa shape index (κ3) is 4.29. The second-order valence-corrected chi connectivity index (χ2v) is 6.07. The molecule has 2 aromatic carbocycles. The molecule has 0 amide bonds. The lowest BCUT2D eigenvalue weighted by atomic mass is 9.83. The van der Waals surface area contributed by atoms with Gasteiger partial charge in [0.1, 0.15) is 0 Å². The van der Waals surface area contributed by atoms with Crippen LogP contribution in [0.1, 0.15) is 22.8 Å². The molecule has 2 aromatic rings. The molecule has 0 radical (unpaired) electrons. The summed E-state index contributed by atoms with van der Waals surface area (Å²) in [5.74, 6) is -0.00569. The molecular formula is C20H25NO3. The van der Waals surface area contributed by atoms with Crippen LogP contribution in [0.3, 0.4) is 0 Å². The van der Waals surface area contributed by atoms with E-state index in [0.717, 1.165) is 5.56 Å². The zero-order chi connectivity index (χ0) is 17.4. The Labute approximate surface area is 143 Å². The predicted molar refractivity (Wildman–Crippen MR) is 95.1 cm³/mol. The highest BCUT2D eigenvalue weighted by molar-refractivity contribution is 6.03. The lowest BCUT2D eigenvalue weighted by Gasteiger charge is -2.40. The van der Waals surface area contributed by atoms with Gasteiger partial charge < -0.3 is 10.2 Å². The number of ketones is 1. The summed E-state index contributed by atoms with van der Waals surface area (Å²) in [6, 6.07) is 19.0. The van der Waals surface area contributed by atoms with Crippen molar-refractivity contribution >= 4 is 5.78 Å².